The molecule has 0 aromatic carbocycles. The predicted octanol–water partition coefficient (Wildman–Crippen LogP) is 6.14. The normalized spacial score (nSPS) is 46.9. The molecular formula is C20H32. The van der Waals surface area contributed by atoms with Crippen LogP contribution in [0.5, 0.6) is 0 Å². The van der Waals surface area contributed by atoms with E-state index in [2.05, 4.69) is 46.4 Å². The van der Waals surface area contributed by atoms with Gasteiger partial charge in [-0.3, -0.25) is 0 Å². The second-order valence-electron chi connectivity index (χ2n) is 9.04. The summed E-state index contributed by atoms with van der Waals surface area (Å²) in [6, 6.07) is 0. The van der Waals surface area contributed by atoms with Gasteiger partial charge in [-0.25, -0.2) is 0 Å². The molecule has 0 radical (unpaired) electrons. The van der Waals surface area contributed by atoms with Crippen LogP contribution in [0.4, 0.5) is 0 Å². The van der Waals surface area contributed by atoms with E-state index >= 15 is 0 Å². The van der Waals surface area contributed by atoms with Gasteiger partial charge in [0.1, 0.15) is 0 Å². The first-order valence-electron chi connectivity index (χ1n) is 8.63. The first-order valence-corrected chi connectivity index (χ1v) is 8.63. The lowest BCUT2D eigenvalue weighted by Gasteiger charge is -2.59. The molecule has 0 N–H and O–H groups in total. The van der Waals surface area contributed by atoms with Gasteiger partial charge < -0.3 is 0 Å². The highest BCUT2D eigenvalue weighted by Crippen LogP contribution is 2.63. The molecule has 0 saturated heterocycles. The van der Waals surface area contributed by atoms with Crippen LogP contribution in [-0.4, -0.2) is 0 Å². The Bertz CT molecular complexity index is 441. The summed E-state index contributed by atoms with van der Waals surface area (Å²) in [5, 5.41) is 0. The Morgan fingerprint density at radius 3 is 2.60 bits per heavy atom. The zero-order chi connectivity index (χ0) is 14.6. The van der Waals surface area contributed by atoms with Crippen LogP contribution in [0.3, 0.4) is 0 Å². The van der Waals surface area contributed by atoms with Gasteiger partial charge in [-0.05, 0) is 66.6 Å². The molecule has 0 nitrogen and oxygen atoms in total. The number of hydrogen-bond acceptors (Lipinski definition) is 0. The van der Waals surface area contributed by atoms with Crippen LogP contribution in [-0.2, 0) is 0 Å². The largest absolute Gasteiger partial charge is 0.103 e. The molecule has 3 rings (SSSR count). The minimum absolute atomic E-state index is 0.357. The summed E-state index contributed by atoms with van der Waals surface area (Å²) < 4.78 is 0. The number of rotatable bonds is 1. The smallest absolute Gasteiger partial charge is 0.0112 e. The first kappa shape index (κ1) is 14.4. The van der Waals surface area contributed by atoms with Crippen molar-refractivity contribution in [3.05, 3.63) is 24.3 Å². The fourth-order valence-corrected chi connectivity index (χ4v) is 5.92. The molecule has 0 aromatic heterocycles. The average Bonchev–Trinajstić information content (AvgIpc) is 2.37. The van der Waals surface area contributed by atoms with Crippen LogP contribution in [0.25, 0.3) is 0 Å². The van der Waals surface area contributed by atoms with Crippen molar-refractivity contribution in [1.82, 2.24) is 0 Å². The van der Waals surface area contributed by atoms with Crippen molar-refractivity contribution in [3.8, 4) is 0 Å². The molecule has 0 aromatic rings. The van der Waals surface area contributed by atoms with E-state index in [0.717, 1.165) is 11.8 Å². The van der Waals surface area contributed by atoms with Crippen molar-refractivity contribution in [2.75, 3.05) is 0 Å². The molecule has 0 heteroatoms. The summed E-state index contributed by atoms with van der Waals surface area (Å²) >= 11 is 0. The topological polar surface area (TPSA) is 0 Å². The first-order chi connectivity index (χ1) is 9.31. The lowest BCUT2D eigenvalue weighted by atomic mass is 9.46. The third-order valence-corrected chi connectivity index (χ3v) is 7.24. The van der Waals surface area contributed by atoms with Gasteiger partial charge in [-0.1, -0.05) is 51.8 Å². The van der Waals surface area contributed by atoms with E-state index in [9.17, 15) is 0 Å². The molecule has 0 aliphatic heterocycles. The van der Waals surface area contributed by atoms with E-state index in [0.29, 0.717) is 16.2 Å². The lowest BCUT2D eigenvalue weighted by molar-refractivity contribution is -0.0489. The molecule has 3 aliphatic rings. The maximum Gasteiger partial charge on any atom is -0.0112 e. The van der Waals surface area contributed by atoms with E-state index in [4.69, 9.17) is 0 Å². The lowest BCUT2D eigenvalue weighted by Crippen LogP contribution is -2.50. The summed E-state index contributed by atoms with van der Waals surface area (Å²) in [6.07, 6.45) is 14.5. The third kappa shape index (κ3) is 2.02. The van der Waals surface area contributed by atoms with Gasteiger partial charge in [0, 0.05) is 0 Å². The van der Waals surface area contributed by atoms with Crippen LogP contribution in [0.2, 0.25) is 0 Å². The minimum Gasteiger partial charge on any atom is -0.103 e. The van der Waals surface area contributed by atoms with Gasteiger partial charge in [0.2, 0.25) is 0 Å². The molecule has 4 atom stereocenters. The van der Waals surface area contributed by atoms with Crippen LogP contribution >= 0.6 is 0 Å². The maximum absolute atomic E-state index is 4.09. The molecule has 0 bridgehead atoms. The Kier molecular flexibility index (Phi) is 3.23. The molecule has 2 saturated carbocycles. The van der Waals surface area contributed by atoms with Crippen LogP contribution in [0.1, 0.15) is 72.6 Å². The Labute approximate surface area is 125 Å². The fraction of sp³-hybridized carbons (Fsp3) is 0.800. The Balaban J connectivity index is 1.94. The summed E-state index contributed by atoms with van der Waals surface area (Å²) in [7, 11) is 0. The number of hydrogen-bond donors (Lipinski definition) is 0. The monoisotopic (exact) mass is 272 g/mol. The summed E-state index contributed by atoms with van der Waals surface area (Å²) in [4.78, 5) is 0. The van der Waals surface area contributed by atoms with E-state index in [-0.39, 0.29) is 0 Å². The molecule has 0 amide bonds. The second kappa shape index (κ2) is 4.49. The van der Waals surface area contributed by atoms with E-state index < -0.39 is 0 Å². The molecule has 0 unspecified atom stereocenters. The Hall–Kier alpha value is -0.520. The van der Waals surface area contributed by atoms with E-state index in [1.807, 2.05) is 0 Å². The molecule has 3 aliphatic carbocycles. The van der Waals surface area contributed by atoms with Crippen molar-refractivity contribution >= 4 is 0 Å². The zero-order valence-electron chi connectivity index (χ0n) is 14.0. The molecular weight excluding hydrogens is 240 g/mol. The second-order valence-corrected chi connectivity index (χ2v) is 9.04. The molecule has 0 spiro atoms. The zero-order valence-corrected chi connectivity index (χ0v) is 14.0. The Morgan fingerprint density at radius 1 is 1.15 bits per heavy atom. The molecule has 20 heavy (non-hydrogen) atoms. The average molecular weight is 272 g/mol. The molecule has 112 valence electrons. The highest BCUT2D eigenvalue weighted by Gasteiger charge is 2.53. The summed E-state index contributed by atoms with van der Waals surface area (Å²) in [5.41, 5.74) is 3.23. The van der Waals surface area contributed by atoms with Crippen molar-refractivity contribution < 1.29 is 0 Å². The summed E-state index contributed by atoms with van der Waals surface area (Å²) in [5.74, 6) is 1.75. The van der Waals surface area contributed by atoms with Gasteiger partial charge in [0.05, 0.1) is 0 Å². The quantitative estimate of drug-likeness (QED) is 0.503. The van der Waals surface area contributed by atoms with E-state index in [1.54, 1.807) is 5.57 Å². The van der Waals surface area contributed by atoms with Gasteiger partial charge in [0.25, 0.3) is 0 Å². The van der Waals surface area contributed by atoms with Gasteiger partial charge in [0.15, 0.2) is 0 Å². The fourth-order valence-electron chi connectivity index (χ4n) is 5.92. The summed E-state index contributed by atoms with van der Waals surface area (Å²) in [6.45, 7) is 14.1. The van der Waals surface area contributed by atoms with Gasteiger partial charge in [-0.15, -0.1) is 6.58 Å². The SMILES string of the molecule is C=C[C@]1(C)CC[C@@H]2C(=CC[C@@H]3C(C)(C)CCC[C@@]23C)C1. The Morgan fingerprint density at radius 2 is 1.90 bits per heavy atom. The van der Waals surface area contributed by atoms with Crippen LogP contribution in [0.15, 0.2) is 24.3 Å². The third-order valence-electron chi connectivity index (χ3n) is 7.24. The van der Waals surface area contributed by atoms with Gasteiger partial charge >= 0.3 is 0 Å². The minimum atomic E-state index is 0.357. The maximum atomic E-state index is 4.09. The van der Waals surface area contributed by atoms with Crippen molar-refractivity contribution in [1.29, 1.82) is 0 Å². The number of allylic oxidation sites excluding steroid dienone is 3. The highest BCUT2D eigenvalue weighted by atomic mass is 14.6. The van der Waals surface area contributed by atoms with Crippen molar-refractivity contribution in [2.24, 2.45) is 28.1 Å². The number of fused-ring (bicyclic) bond motifs is 3. The molecule has 2 fully saturated rings. The van der Waals surface area contributed by atoms with Crippen LogP contribution in [0, 0.1) is 28.1 Å². The standard InChI is InChI=1S/C20H32/c1-6-19(4)13-10-16-15(14-19)8-9-17-18(2,3)11-7-12-20(16,17)5/h6,8,16-17H,1,7,9-14H2,2-5H3/t16-,17-,19-,20+/m1/s1. The van der Waals surface area contributed by atoms with E-state index in [1.165, 1.54) is 44.9 Å². The highest BCUT2D eigenvalue weighted by molar-refractivity contribution is 5.24. The van der Waals surface area contributed by atoms with Gasteiger partial charge in [-0.2, -0.15) is 0 Å². The van der Waals surface area contributed by atoms with Crippen molar-refractivity contribution in [3.63, 3.8) is 0 Å². The molecule has 0 heterocycles. The van der Waals surface area contributed by atoms with Crippen molar-refractivity contribution in [2.45, 2.75) is 72.6 Å². The predicted molar refractivity (Wildman–Crippen MR) is 87.6 cm³/mol. The van der Waals surface area contributed by atoms with Crippen LogP contribution < -0.4 is 0 Å².